The summed E-state index contributed by atoms with van der Waals surface area (Å²) >= 11 is 2.99. The predicted molar refractivity (Wildman–Crippen MR) is 58.7 cm³/mol. The maximum absolute atomic E-state index is 11.5. The van der Waals surface area contributed by atoms with E-state index in [4.69, 9.17) is 5.73 Å². The summed E-state index contributed by atoms with van der Waals surface area (Å²) in [7, 11) is 0. The van der Waals surface area contributed by atoms with Gasteiger partial charge in [0.05, 0.1) is 15.6 Å². The molecule has 0 bridgehead atoms. The van der Waals surface area contributed by atoms with E-state index in [1.807, 2.05) is 0 Å². The topological polar surface area (TPSA) is 91.2 Å². The summed E-state index contributed by atoms with van der Waals surface area (Å²) in [6, 6.07) is 1.20. The van der Waals surface area contributed by atoms with Gasteiger partial charge in [0.2, 0.25) is 0 Å². The van der Waals surface area contributed by atoms with Gasteiger partial charge in [-0.1, -0.05) is 0 Å². The summed E-state index contributed by atoms with van der Waals surface area (Å²) in [5.74, 6) is 0. The molecule has 0 saturated carbocycles. The fourth-order valence-corrected chi connectivity index (χ4v) is 1.57. The second-order valence-electron chi connectivity index (χ2n) is 2.94. The Hall–Kier alpha value is -1.21. The van der Waals surface area contributed by atoms with E-state index in [1.54, 1.807) is 0 Å². The van der Waals surface area contributed by atoms with E-state index < -0.39 is 4.92 Å². The molecule has 0 radical (unpaired) electrons. The number of hydrogen-bond donors (Lipinski definition) is 1. The molecule has 0 fully saturated rings. The number of nitrogens with zero attached hydrogens (tertiary/aromatic N) is 2. The quantitative estimate of drug-likeness (QED) is 0.652. The van der Waals surface area contributed by atoms with Crippen LogP contribution >= 0.6 is 15.9 Å². The molecule has 0 aromatic carbocycles. The van der Waals surface area contributed by atoms with Crippen molar-refractivity contribution in [2.24, 2.45) is 5.73 Å². The second-order valence-corrected chi connectivity index (χ2v) is 3.80. The molecule has 15 heavy (non-hydrogen) atoms. The lowest BCUT2D eigenvalue weighted by Crippen LogP contribution is -2.22. The van der Waals surface area contributed by atoms with Crippen molar-refractivity contribution < 1.29 is 4.92 Å². The summed E-state index contributed by atoms with van der Waals surface area (Å²) in [6.45, 7) is 0.822. The first-order valence-electron chi connectivity index (χ1n) is 4.30. The number of halogens is 1. The molecule has 0 aliphatic rings. The third-order valence-corrected chi connectivity index (χ3v) is 2.41. The molecule has 1 aromatic heterocycles. The molecule has 7 heteroatoms. The van der Waals surface area contributed by atoms with Crippen LogP contribution in [0.1, 0.15) is 6.42 Å². The van der Waals surface area contributed by atoms with Crippen molar-refractivity contribution in [3.8, 4) is 0 Å². The largest absolute Gasteiger partial charge is 0.330 e. The monoisotopic (exact) mass is 275 g/mol. The normalized spacial score (nSPS) is 10.3. The lowest BCUT2D eigenvalue weighted by Gasteiger charge is -2.04. The van der Waals surface area contributed by atoms with Crippen molar-refractivity contribution >= 4 is 21.6 Å². The number of aromatic nitrogens is 1. The maximum Gasteiger partial charge on any atom is 0.286 e. The van der Waals surface area contributed by atoms with Gasteiger partial charge in [-0.25, -0.2) is 0 Å². The zero-order valence-corrected chi connectivity index (χ0v) is 9.44. The summed E-state index contributed by atoms with van der Waals surface area (Å²) < 4.78 is 1.48. The molecule has 1 heterocycles. The maximum atomic E-state index is 11.5. The average molecular weight is 276 g/mol. The Morgan fingerprint density at radius 2 is 2.27 bits per heavy atom. The number of hydrogen-bond acceptors (Lipinski definition) is 4. The first-order chi connectivity index (χ1) is 7.06. The Morgan fingerprint density at radius 1 is 1.60 bits per heavy atom. The fraction of sp³-hybridized carbons (Fsp3) is 0.375. The van der Waals surface area contributed by atoms with Crippen LogP contribution in [0.15, 0.2) is 21.5 Å². The first-order valence-corrected chi connectivity index (χ1v) is 5.10. The van der Waals surface area contributed by atoms with Crippen LogP contribution in [-0.2, 0) is 6.54 Å². The van der Waals surface area contributed by atoms with Crippen LogP contribution in [0.25, 0.3) is 0 Å². The molecule has 0 unspecified atom stereocenters. The molecule has 2 N–H and O–H groups in total. The van der Waals surface area contributed by atoms with Gasteiger partial charge in [-0.05, 0) is 28.9 Å². The number of nitro groups is 1. The highest BCUT2D eigenvalue weighted by molar-refractivity contribution is 9.10. The highest BCUT2D eigenvalue weighted by Gasteiger charge is 2.11. The Bertz CT molecular complexity index is 430. The van der Waals surface area contributed by atoms with Crippen molar-refractivity contribution in [3.05, 3.63) is 37.2 Å². The van der Waals surface area contributed by atoms with Crippen LogP contribution in [0, 0.1) is 10.1 Å². The van der Waals surface area contributed by atoms with Crippen molar-refractivity contribution in [1.29, 1.82) is 0 Å². The minimum Gasteiger partial charge on any atom is -0.330 e. The van der Waals surface area contributed by atoms with Gasteiger partial charge in [0.1, 0.15) is 0 Å². The van der Waals surface area contributed by atoms with E-state index in [2.05, 4.69) is 15.9 Å². The molecule has 0 amide bonds. The van der Waals surface area contributed by atoms with E-state index >= 15 is 0 Å². The van der Waals surface area contributed by atoms with E-state index in [1.165, 1.54) is 16.8 Å². The number of pyridine rings is 1. The minimum absolute atomic E-state index is 0.113. The standard InChI is InChI=1S/C8H10BrN3O3/c9-7-4-6(12(14)15)5-11(8(7)13)3-1-2-10/h4-5H,1-3,10H2. The molecule has 1 aromatic rings. The number of aryl methyl sites for hydroxylation is 1. The van der Waals surface area contributed by atoms with Crippen molar-refractivity contribution in [2.75, 3.05) is 6.54 Å². The van der Waals surface area contributed by atoms with Crippen LogP contribution in [-0.4, -0.2) is 16.0 Å². The van der Waals surface area contributed by atoms with Crippen molar-refractivity contribution in [1.82, 2.24) is 4.57 Å². The molecule has 82 valence electrons. The molecule has 0 saturated heterocycles. The van der Waals surface area contributed by atoms with E-state index in [0.717, 1.165) is 0 Å². The van der Waals surface area contributed by atoms with Crippen LogP contribution in [0.3, 0.4) is 0 Å². The second kappa shape index (κ2) is 5.04. The highest BCUT2D eigenvalue weighted by atomic mass is 79.9. The van der Waals surface area contributed by atoms with Gasteiger partial charge in [-0.15, -0.1) is 0 Å². The zero-order chi connectivity index (χ0) is 11.4. The molecule has 0 aliphatic heterocycles. The Labute approximate surface area is 94.0 Å². The van der Waals surface area contributed by atoms with E-state index in [9.17, 15) is 14.9 Å². The highest BCUT2D eigenvalue weighted by Crippen LogP contribution is 2.14. The third-order valence-electron chi connectivity index (χ3n) is 1.84. The van der Waals surface area contributed by atoms with Gasteiger partial charge in [0.15, 0.2) is 0 Å². The summed E-state index contributed by atoms with van der Waals surface area (Å²) in [6.07, 6.45) is 1.83. The van der Waals surface area contributed by atoms with Crippen LogP contribution in [0.4, 0.5) is 5.69 Å². The Morgan fingerprint density at radius 3 is 2.80 bits per heavy atom. The van der Waals surface area contributed by atoms with Gasteiger partial charge in [0.25, 0.3) is 11.2 Å². The van der Waals surface area contributed by atoms with E-state index in [-0.39, 0.29) is 15.7 Å². The zero-order valence-electron chi connectivity index (χ0n) is 7.85. The third kappa shape index (κ3) is 2.87. The summed E-state index contributed by atoms with van der Waals surface area (Å²) in [5.41, 5.74) is 4.91. The minimum atomic E-state index is -0.539. The fourth-order valence-electron chi connectivity index (χ4n) is 1.11. The SMILES string of the molecule is NCCCn1cc([N+](=O)[O-])cc(Br)c1=O. The Balaban J connectivity index is 3.13. The number of nitrogens with two attached hydrogens (primary N) is 1. The lowest BCUT2D eigenvalue weighted by atomic mass is 10.3. The molecule has 0 aliphatic carbocycles. The number of rotatable bonds is 4. The van der Waals surface area contributed by atoms with Crippen LogP contribution in [0.5, 0.6) is 0 Å². The molecular formula is C8H10BrN3O3. The molecule has 0 spiro atoms. The first kappa shape index (κ1) is 11.9. The lowest BCUT2D eigenvalue weighted by molar-refractivity contribution is -0.385. The molecule has 6 nitrogen and oxygen atoms in total. The van der Waals surface area contributed by atoms with Crippen LogP contribution in [0.2, 0.25) is 0 Å². The van der Waals surface area contributed by atoms with Gasteiger partial charge in [-0.3, -0.25) is 14.9 Å². The van der Waals surface area contributed by atoms with Gasteiger partial charge < -0.3 is 10.3 Å². The van der Waals surface area contributed by atoms with Gasteiger partial charge >= 0.3 is 0 Å². The predicted octanol–water partition coefficient (Wildman–Crippen LogP) is 0.868. The summed E-state index contributed by atoms with van der Waals surface area (Å²) in [4.78, 5) is 21.5. The molecule has 0 atom stereocenters. The van der Waals surface area contributed by atoms with Gasteiger partial charge in [-0.2, -0.15) is 0 Å². The molecule has 1 rings (SSSR count). The van der Waals surface area contributed by atoms with Crippen molar-refractivity contribution in [2.45, 2.75) is 13.0 Å². The van der Waals surface area contributed by atoms with Gasteiger partial charge in [0, 0.05) is 12.6 Å². The van der Waals surface area contributed by atoms with Crippen molar-refractivity contribution in [3.63, 3.8) is 0 Å². The average Bonchev–Trinajstić information content (AvgIpc) is 2.19. The Kier molecular flexibility index (Phi) is 3.98. The van der Waals surface area contributed by atoms with E-state index in [0.29, 0.717) is 19.5 Å². The summed E-state index contributed by atoms with van der Waals surface area (Å²) in [5, 5.41) is 10.5. The van der Waals surface area contributed by atoms with Crippen LogP contribution < -0.4 is 11.3 Å². The molecular weight excluding hydrogens is 266 g/mol. The smallest absolute Gasteiger partial charge is 0.286 e.